The number of hydrogen-bond acceptors (Lipinski definition) is 1. The van der Waals surface area contributed by atoms with Crippen molar-refractivity contribution in [3.63, 3.8) is 0 Å². The zero-order valence-corrected chi connectivity index (χ0v) is 6.20. The van der Waals surface area contributed by atoms with Crippen molar-refractivity contribution in [3.8, 4) is 0 Å². The Bertz CT molecular complexity index is 281. The van der Waals surface area contributed by atoms with Crippen molar-refractivity contribution < 1.29 is 5.11 Å². The lowest BCUT2D eigenvalue weighted by molar-refractivity contribution is 0.134. The molecule has 0 aromatic carbocycles. The Labute approximate surface area is 66.0 Å². The molecule has 0 saturated heterocycles. The molecule has 1 heteroatoms. The first-order valence-corrected chi connectivity index (χ1v) is 3.77. The quantitative estimate of drug-likeness (QED) is 0.551. The highest BCUT2D eigenvalue weighted by Crippen LogP contribution is 2.30. The van der Waals surface area contributed by atoms with Gasteiger partial charge in [-0.05, 0) is 11.6 Å². The summed E-state index contributed by atoms with van der Waals surface area (Å²) in [4.78, 5) is 0. The predicted octanol–water partition coefficient (Wildman–Crippen LogP) is 1.73. The van der Waals surface area contributed by atoms with E-state index in [1.807, 2.05) is 42.5 Å². The topological polar surface area (TPSA) is 20.2 Å². The van der Waals surface area contributed by atoms with Gasteiger partial charge < -0.3 is 5.11 Å². The summed E-state index contributed by atoms with van der Waals surface area (Å²) in [5.74, 6) is 0. The summed E-state index contributed by atoms with van der Waals surface area (Å²) in [5.41, 5.74) is 0.270. The van der Waals surface area contributed by atoms with Crippen molar-refractivity contribution >= 4 is 0 Å². The molecule has 0 heterocycles. The number of allylic oxidation sites excluding steroid dienone is 4. The van der Waals surface area contributed by atoms with Crippen molar-refractivity contribution in [1.82, 2.24) is 0 Å². The van der Waals surface area contributed by atoms with Crippen LogP contribution in [-0.2, 0) is 0 Å². The van der Waals surface area contributed by atoms with Crippen LogP contribution in [0.1, 0.15) is 6.42 Å². The van der Waals surface area contributed by atoms with Crippen LogP contribution in [0.5, 0.6) is 0 Å². The lowest BCUT2D eigenvalue weighted by atomic mass is 9.84. The molecule has 2 aliphatic rings. The van der Waals surface area contributed by atoms with Crippen LogP contribution in [0.15, 0.2) is 48.1 Å². The second kappa shape index (κ2) is 2.21. The molecule has 0 bridgehead atoms. The summed E-state index contributed by atoms with van der Waals surface area (Å²) in [6, 6.07) is 0. The van der Waals surface area contributed by atoms with E-state index in [0.29, 0.717) is 6.42 Å². The lowest BCUT2D eigenvalue weighted by Crippen LogP contribution is -2.29. The van der Waals surface area contributed by atoms with E-state index in [9.17, 15) is 5.11 Å². The van der Waals surface area contributed by atoms with Gasteiger partial charge in [0.1, 0.15) is 5.60 Å². The highest BCUT2D eigenvalue weighted by Gasteiger charge is 2.27. The van der Waals surface area contributed by atoms with Crippen molar-refractivity contribution in [2.45, 2.75) is 12.0 Å². The van der Waals surface area contributed by atoms with Crippen LogP contribution in [0.4, 0.5) is 0 Å². The number of rotatable bonds is 0. The first kappa shape index (κ1) is 6.62. The average Bonchev–Trinajstić information content (AvgIpc) is 2.03. The smallest absolute Gasteiger partial charge is 0.111 e. The molecule has 0 fully saturated rings. The zero-order chi connectivity index (χ0) is 7.73. The van der Waals surface area contributed by atoms with Gasteiger partial charge in [0.2, 0.25) is 0 Å². The average molecular weight is 146 g/mol. The molecule has 1 N–H and O–H groups in total. The molecule has 0 spiro atoms. The number of hydrogen-bond donors (Lipinski definition) is 1. The lowest BCUT2D eigenvalue weighted by Gasteiger charge is -2.28. The maximum Gasteiger partial charge on any atom is 0.111 e. The van der Waals surface area contributed by atoms with Gasteiger partial charge in [0.05, 0.1) is 0 Å². The van der Waals surface area contributed by atoms with Gasteiger partial charge >= 0.3 is 0 Å². The highest BCUT2D eigenvalue weighted by atomic mass is 16.3. The molecular weight excluding hydrogens is 136 g/mol. The SMILES string of the molecule is OC12C=CC=CC1=CC=CC2. The van der Waals surface area contributed by atoms with Crippen LogP contribution in [0, 0.1) is 0 Å². The predicted molar refractivity (Wildman–Crippen MR) is 45.1 cm³/mol. The maximum atomic E-state index is 9.93. The summed E-state index contributed by atoms with van der Waals surface area (Å²) >= 11 is 0. The number of fused-ring (bicyclic) bond motifs is 1. The van der Waals surface area contributed by atoms with E-state index >= 15 is 0 Å². The van der Waals surface area contributed by atoms with Gasteiger partial charge in [-0.15, -0.1) is 0 Å². The minimum absolute atomic E-state index is 0.694. The Kier molecular flexibility index (Phi) is 1.33. The minimum atomic E-state index is -0.719. The Morgan fingerprint density at radius 2 is 2.18 bits per heavy atom. The molecule has 0 saturated carbocycles. The molecule has 0 amide bonds. The first-order valence-electron chi connectivity index (χ1n) is 3.77. The van der Waals surface area contributed by atoms with E-state index in [1.54, 1.807) is 0 Å². The van der Waals surface area contributed by atoms with E-state index < -0.39 is 5.60 Å². The summed E-state index contributed by atoms with van der Waals surface area (Å²) in [5, 5.41) is 9.93. The third-order valence-electron chi connectivity index (χ3n) is 2.10. The molecule has 2 aliphatic carbocycles. The summed E-state index contributed by atoms with van der Waals surface area (Å²) in [7, 11) is 0. The van der Waals surface area contributed by atoms with Crippen LogP contribution >= 0.6 is 0 Å². The summed E-state index contributed by atoms with van der Waals surface area (Å²) in [6.45, 7) is 0. The molecule has 0 radical (unpaired) electrons. The first-order chi connectivity index (χ1) is 5.31. The van der Waals surface area contributed by atoms with Crippen molar-refractivity contribution in [2.75, 3.05) is 0 Å². The minimum Gasteiger partial charge on any atom is -0.381 e. The normalized spacial score (nSPS) is 33.4. The fourth-order valence-corrected chi connectivity index (χ4v) is 1.42. The van der Waals surface area contributed by atoms with E-state index in [4.69, 9.17) is 0 Å². The largest absolute Gasteiger partial charge is 0.381 e. The molecule has 1 atom stereocenters. The summed E-state index contributed by atoms with van der Waals surface area (Å²) < 4.78 is 0. The second-order valence-corrected chi connectivity index (χ2v) is 2.90. The van der Waals surface area contributed by atoms with Crippen molar-refractivity contribution in [2.24, 2.45) is 0 Å². The van der Waals surface area contributed by atoms with E-state index in [2.05, 4.69) is 0 Å². The Balaban J connectivity index is 2.45. The fraction of sp³-hybridized carbons (Fsp3) is 0.200. The Morgan fingerprint density at radius 1 is 1.27 bits per heavy atom. The number of aliphatic hydroxyl groups is 1. The van der Waals surface area contributed by atoms with Crippen molar-refractivity contribution in [3.05, 3.63) is 48.1 Å². The molecule has 1 unspecified atom stereocenters. The standard InChI is InChI=1S/C10H10O/c11-10-7-3-1-5-9(10)6-2-4-8-10/h1-7,11H,8H2. The molecule has 2 rings (SSSR count). The Morgan fingerprint density at radius 3 is 3.00 bits per heavy atom. The maximum absolute atomic E-state index is 9.93. The van der Waals surface area contributed by atoms with Gasteiger partial charge in [-0.3, -0.25) is 0 Å². The molecule has 0 aromatic heterocycles. The van der Waals surface area contributed by atoms with Crippen molar-refractivity contribution in [1.29, 1.82) is 0 Å². The molecule has 0 aliphatic heterocycles. The molecular formula is C10H10O. The van der Waals surface area contributed by atoms with Crippen LogP contribution in [-0.4, -0.2) is 10.7 Å². The molecule has 0 aromatic rings. The highest BCUT2D eigenvalue weighted by molar-refractivity contribution is 5.45. The zero-order valence-electron chi connectivity index (χ0n) is 6.20. The van der Waals surface area contributed by atoms with E-state index in [1.165, 1.54) is 0 Å². The monoisotopic (exact) mass is 146 g/mol. The summed E-state index contributed by atoms with van der Waals surface area (Å²) in [6.07, 6.45) is 14.2. The van der Waals surface area contributed by atoms with Crippen LogP contribution in [0.25, 0.3) is 0 Å². The van der Waals surface area contributed by atoms with Gasteiger partial charge in [0.15, 0.2) is 0 Å². The Hall–Kier alpha value is -1.08. The molecule has 56 valence electrons. The van der Waals surface area contributed by atoms with Gasteiger partial charge in [0, 0.05) is 6.42 Å². The van der Waals surface area contributed by atoms with Gasteiger partial charge in [-0.25, -0.2) is 0 Å². The van der Waals surface area contributed by atoms with Gasteiger partial charge in [-0.2, -0.15) is 0 Å². The second-order valence-electron chi connectivity index (χ2n) is 2.90. The van der Waals surface area contributed by atoms with Crippen LogP contribution < -0.4 is 0 Å². The molecule has 1 nitrogen and oxygen atoms in total. The van der Waals surface area contributed by atoms with Crippen LogP contribution in [0.2, 0.25) is 0 Å². The fourth-order valence-electron chi connectivity index (χ4n) is 1.42. The molecule has 11 heavy (non-hydrogen) atoms. The third kappa shape index (κ3) is 0.976. The third-order valence-corrected chi connectivity index (χ3v) is 2.10. The van der Waals surface area contributed by atoms with Gasteiger partial charge in [0.25, 0.3) is 0 Å². The van der Waals surface area contributed by atoms with E-state index in [-0.39, 0.29) is 0 Å². The van der Waals surface area contributed by atoms with E-state index in [0.717, 1.165) is 5.57 Å². The van der Waals surface area contributed by atoms with Crippen LogP contribution in [0.3, 0.4) is 0 Å². The van der Waals surface area contributed by atoms with Gasteiger partial charge in [-0.1, -0.05) is 36.5 Å².